The Balaban J connectivity index is 3.07. The summed E-state index contributed by atoms with van der Waals surface area (Å²) in [6.45, 7) is 4.87. The fourth-order valence-electron chi connectivity index (χ4n) is 2.84. The number of rotatable bonds is 5. The van der Waals surface area contributed by atoms with E-state index >= 15 is 0 Å². The third-order valence-corrected chi connectivity index (χ3v) is 3.78. The highest BCUT2D eigenvalue weighted by Crippen LogP contribution is 2.38. The molecule has 1 aliphatic carbocycles. The maximum Gasteiger partial charge on any atom is 0.407 e. The van der Waals surface area contributed by atoms with Crippen LogP contribution in [0.15, 0.2) is 5.11 Å². The van der Waals surface area contributed by atoms with Crippen LogP contribution in [0.3, 0.4) is 0 Å². The third-order valence-electron chi connectivity index (χ3n) is 3.78. The number of hydrogen-bond donors (Lipinski definition) is 2. The van der Waals surface area contributed by atoms with E-state index in [-0.39, 0.29) is 13.0 Å². The van der Waals surface area contributed by atoms with Crippen molar-refractivity contribution in [3.63, 3.8) is 0 Å². The molecule has 2 N–H and O–H groups in total. The van der Waals surface area contributed by atoms with Gasteiger partial charge in [-0.25, -0.2) is 4.79 Å². The highest BCUT2D eigenvalue weighted by molar-refractivity contribution is 5.79. The van der Waals surface area contributed by atoms with Crippen LogP contribution in [-0.4, -0.2) is 48.4 Å². The molecule has 1 amide bonds. The van der Waals surface area contributed by atoms with Gasteiger partial charge in [0.1, 0.15) is 5.60 Å². The fourth-order valence-corrected chi connectivity index (χ4v) is 2.84. The van der Waals surface area contributed by atoms with Crippen LogP contribution < -0.4 is 5.32 Å². The van der Waals surface area contributed by atoms with E-state index < -0.39 is 47.4 Å². The van der Waals surface area contributed by atoms with Gasteiger partial charge in [-0.15, -0.1) is 0 Å². The van der Waals surface area contributed by atoms with E-state index in [1.54, 1.807) is 20.8 Å². The molecule has 0 unspecified atom stereocenters. The number of azide groups is 1. The normalized spacial score (nSPS) is 26.2. The number of carboxylic acids is 1. The molecule has 0 aliphatic heterocycles. The summed E-state index contributed by atoms with van der Waals surface area (Å²) in [4.78, 5) is 38.1. The van der Waals surface area contributed by atoms with Crippen LogP contribution in [0.5, 0.6) is 0 Å². The molecule has 1 aliphatic rings. The number of ether oxygens (including phenoxy) is 2. The van der Waals surface area contributed by atoms with Gasteiger partial charge >= 0.3 is 18.0 Å². The van der Waals surface area contributed by atoms with Gasteiger partial charge in [0.05, 0.1) is 18.9 Å². The highest BCUT2D eigenvalue weighted by atomic mass is 16.6. The predicted octanol–water partition coefficient (Wildman–Crippen LogP) is 1.70. The predicted molar refractivity (Wildman–Crippen MR) is 81.9 cm³/mol. The van der Waals surface area contributed by atoms with E-state index in [0.717, 1.165) is 0 Å². The van der Waals surface area contributed by atoms with Crippen LogP contribution in [0.2, 0.25) is 0 Å². The topological polar surface area (TPSA) is 151 Å². The standard InChI is InChI=1S/C14H22N4O6/c1-14(2,3)24-13(22)17-10-8(12(21)23-4)5-7(11(19)20)9(10)6-16-18-15/h7-10H,5-6H2,1-4H3,(H,17,22)(H,19,20)/t7-,8+,9+,10-/m1/s1. The van der Waals surface area contributed by atoms with Crippen LogP contribution in [0, 0.1) is 17.8 Å². The first-order chi connectivity index (χ1) is 11.1. The number of alkyl carbamates (subject to hydrolysis) is 1. The SMILES string of the molecule is COC(=O)[C@H]1C[C@@H](C(=O)O)[C@H](CN=[N+]=[N-])[C@@H]1NC(=O)OC(C)(C)C. The third kappa shape index (κ3) is 5.02. The first-order valence-electron chi connectivity index (χ1n) is 7.41. The molecule has 0 radical (unpaired) electrons. The molecular weight excluding hydrogens is 320 g/mol. The zero-order chi connectivity index (χ0) is 18.5. The summed E-state index contributed by atoms with van der Waals surface area (Å²) in [5.41, 5.74) is 7.75. The number of carbonyl (C=O) groups is 3. The molecule has 0 saturated heterocycles. The van der Waals surface area contributed by atoms with Gasteiger partial charge in [-0.2, -0.15) is 0 Å². The number of hydrogen-bond acceptors (Lipinski definition) is 6. The van der Waals surface area contributed by atoms with Crippen molar-refractivity contribution in [2.24, 2.45) is 22.9 Å². The Bertz CT molecular complexity index is 552. The molecule has 4 atom stereocenters. The van der Waals surface area contributed by atoms with Gasteiger partial charge in [-0.05, 0) is 38.6 Å². The monoisotopic (exact) mass is 342 g/mol. The number of nitrogens with zero attached hydrogens (tertiary/aromatic N) is 3. The maximum atomic E-state index is 12.0. The van der Waals surface area contributed by atoms with Crippen molar-refractivity contribution < 1.29 is 29.0 Å². The van der Waals surface area contributed by atoms with Gasteiger partial charge in [0.25, 0.3) is 0 Å². The lowest BCUT2D eigenvalue weighted by Crippen LogP contribution is -2.47. The van der Waals surface area contributed by atoms with Crippen molar-refractivity contribution in [3.05, 3.63) is 10.4 Å². The average Bonchev–Trinajstić information content (AvgIpc) is 2.80. The van der Waals surface area contributed by atoms with Gasteiger partial charge in [0, 0.05) is 17.5 Å². The second kappa shape index (κ2) is 7.87. The van der Waals surface area contributed by atoms with Crippen LogP contribution >= 0.6 is 0 Å². The van der Waals surface area contributed by atoms with E-state index in [0.29, 0.717) is 0 Å². The Labute approximate surface area is 139 Å². The fraction of sp³-hybridized carbons (Fsp3) is 0.786. The molecule has 1 rings (SSSR count). The summed E-state index contributed by atoms with van der Waals surface area (Å²) in [6.07, 6.45) is -0.799. The van der Waals surface area contributed by atoms with Crippen molar-refractivity contribution in [2.75, 3.05) is 13.7 Å². The minimum absolute atomic E-state index is 0.0198. The van der Waals surface area contributed by atoms with Crippen LogP contribution in [-0.2, 0) is 19.1 Å². The summed E-state index contributed by atoms with van der Waals surface area (Å²) in [5.74, 6) is -4.31. The lowest BCUT2D eigenvalue weighted by Gasteiger charge is -2.27. The summed E-state index contributed by atoms with van der Waals surface area (Å²) in [5, 5.41) is 15.3. The lowest BCUT2D eigenvalue weighted by molar-refractivity contribution is -0.146. The van der Waals surface area contributed by atoms with Gasteiger partial charge in [0.15, 0.2) is 0 Å². The van der Waals surface area contributed by atoms with Crippen LogP contribution in [0.4, 0.5) is 4.79 Å². The number of esters is 1. The van der Waals surface area contributed by atoms with E-state index in [1.807, 2.05) is 0 Å². The summed E-state index contributed by atoms with van der Waals surface area (Å²) >= 11 is 0. The zero-order valence-corrected chi connectivity index (χ0v) is 14.1. The number of aliphatic carboxylic acids is 1. The Hall–Kier alpha value is -2.48. The van der Waals surface area contributed by atoms with Gasteiger partial charge in [0.2, 0.25) is 0 Å². The van der Waals surface area contributed by atoms with E-state index in [9.17, 15) is 19.5 Å². The molecular formula is C14H22N4O6. The van der Waals surface area contributed by atoms with Crippen LogP contribution in [0.25, 0.3) is 10.4 Å². The second-order valence-corrected chi connectivity index (χ2v) is 6.56. The number of carboxylic acid groups (broad SMARTS) is 1. The number of amides is 1. The molecule has 10 heteroatoms. The summed E-state index contributed by atoms with van der Waals surface area (Å²) in [6, 6.07) is -0.862. The molecule has 24 heavy (non-hydrogen) atoms. The smallest absolute Gasteiger partial charge is 0.407 e. The Morgan fingerprint density at radius 1 is 1.33 bits per heavy atom. The first-order valence-corrected chi connectivity index (χ1v) is 7.41. The molecule has 10 nitrogen and oxygen atoms in total. The minimum atomic E-state index is -1.13. The Kier molecular flexibility index (Phi) is 6.42. The highest BCUT2D eigenvalue weighted by Gasteiger charge is 2.50. The quantitative estimate of drug-likeness (QED) is 0.336. The average molecular weight is 342 g/mol. The number of methoxy groups -OCH3 is 1. The first kappa shape index (κ1) is 19.6. The molecule has 0 bridgehead atoms. The van der Waals surface area contributed by atoms with E-state index in [2.05, 4.69) is 15.3 Å². The Morgan fingerprint density at radius 3 is 2.42 bits per heavy atom. The van der Waals surface area contributed by atoms with Gasteiger partial charge < -0.3 is 19.9 Å². The lowest BCUT2D eigenvalue weighted by atomic mass is 9.93. The minimum Gasteiger partial charge on any atom is -0.481 e. The molecule has 0 aromatic carbocycles. The van der Waals surface area contributed by atoms with Crippen molar-refractivity contribution in [1.29, 1.82) is 0 Å². The molecule has 1 fully saturated rings. The largest absolute Gasteiger partial charge is 0.481 e. The van der Waals surface area contributed by atoms with E-state index in [1.165, 1.54) is 7.11 Å². The number of nitrogens with one attached hydrogen (secondary N) is 1. The van der Waals surface area contributed by atoms with Crippen molar-refractivity contribution in [3.8, 4) is 0 Å². The summed E-state index contributed by atoms with van der Waals surface area (Å²) in [7, 11) is 1.18. The molecule has 0 heterocycles. The van der Waals surface area contributed by atoms with Crippen LogP contribution in [0.1, 0.15) is 27.2 Å². The zero-order valence-electron chi connectivity index (χ0n) is 14.1. The second-order valence-electron chi connectivity index (χ2n) is 6.56. The molecule has 0 aromatic heterocycles. The van der Waals surface area contributed by atoms with E-state index in [4.69, 9.17) is 15.0 Å². The van der Waals surface area contributed by atoms with Gasteiger partial charge in [-0.1, -0.05) is 5.11 Å². The van der Waals surface area contributed by atoms with Crippen molar-refractivity contribution >= 4 is 18.0 Å². The maximum absolute atomic E-state index is 12.0. The molecule has 1 saturated carbocycles. The molecule has 0 spiro atoms. The number of carbonyl (C=O) groups excluding carboxylic acids is 2. The van der Waals surface area contributed by atoms with Gasteiger partial charge in [-0.3, -0.25) is 9.59 Å². The summed E-state index contributed by atoms with van der Waals surface area (Å²) < 4.78 is 9.86. The van der Waals surface area contributed by atoms with Crippen molar-refractivity contribution in [1.82, 2.24) is 5.32 Å². The van der Waals surface area contributed by atoms with Crippen molar-refractivity contribution in [2.45, 2.75) is 38.8 Å². The molecule has 134 valence electrons. The Morgan fingerprint density at radius 2 is 1.96 bits per heavy atom. The molecule has 0 aromatic rings.